The number of methoxy groups -OCH3 is 1. The summed E-state index contributed by atoms with van der Waals surface area (Å²) in [5.74, 6) is -1.14. The number of amides is 1. The SMILES string of the molecule is CCN1C(=O)[C@@](O)(CC(=O)c2ccc(OC)c([N+](=O)[O-])c2)c2ccccc21. The van der Waals surface area contributed by atoms with Gasteiger partial charge in [-0.05, 0) is 25.1 Å². The summed E-state index contributed by atoms with van der Waals surface area (Å²) >= 11 is 0. The Morgan fingerprint density at radius 3 is 2.63 bits per heavy atom. The third kappa shape index (κ3) is 2.93. The molecule has 2 aromatic rings. The van der Waals surface area contributed by atoms with Gasteiger partial charge >= 0.3 is 5.69 Å². The van der Waals surface area contributed by atoms with E-state index in [0.29, 0.717) is 17.8 Å². The van der Waals surface area contributed by atoms with Gasteiger partial charge in [0.25, 0.3) is 5.91 Å². The first-order valence-electron chi connectivity index (χ1n) is 8.33. The number of para-hydroxylation sites is 1. The van der Waals surface area contributed by atoms with Crippen molar-refractivity contribution in [1.29, 1.82) is 0 Å². The molecule has 8 nitrogen and oxygen atoms in total. The molecule has 0 unspecified atom stereocenters. The Morgan fingerprint density at radius 2 is 2.00 bits per heavy atom. The van der Waals surface area contributed by atoms with Crippen molar-refractivity contribution in [3.05, 3.63) is 63.7 Å². The van der Waals surface area contributed by atoms with Crippen molar-refractivity contribution in [3.63, 3.8) is 0 Å². The third-order valence-corrected chi connectivity index (χ3v) is 4.67. The molecular formula is C19H18N2O6. The van der Waals surface area contributed by atoms with Crippen molar-refractivity contribution in [1.82, 2.24) is 0 Å². The van der Waals surface area contributed by atoms with Crippen LogP contribution in [0.3, 0.4) is 0 Å². The summed E-state index contributed by atoms with van der Waals surface area (Å²) in [6.45, 7) is 2.12. The summed E-state index contributed by atoms with van der Waals surface area (Å²) in [6.07, 6.45) is -0.511. The van der Waals surface area contributed by atoms with Crippen molar-refractivity contribution >= 4 is 23.1 Å². The Morgan fingerprint density at radius 1 is 1.30 bits per heavy atom. The van der Waals surface area contributed by atoms with E-state index in [-0.39, 0.29) is 17.0 Å². The third-order valence-electron chi connectivity index (χ3n) is 4.67. The summed E-state index contributed by atoms with van der Waals surface area (Å²) in [5.41, 5.74) is -1.42. The quantitative estimate of drug-likeness (QED) is 0.475. The number of aliphatic hydroxyl groups is 1. The second-order valence-corrected chi connectivity index (χ2v) is 6.17. The largest absolute Gasteiger partial charge is 0.490 e. The van der Waals surface area contributed by atoms with Crippen LogP contribution in [0.2, 0.25) is 0 Å². The van der Waals surface area contributed by atoms with Gasteiger partial charge in [-0.1, -0.05) is 18.2 Å². The minimum absolute atomic E-state index is 0.0229. The summed E-state index contributed by atoms with van der Waals surface area (Å²) < 4.78 is 4.92. The monoisotopic (exact) mass is 370 g/mol. The van der Waals surface area contributed by atoms with E-state index >= 15 is 0 Å². The summed E-state index contributed by atoms with van der Waals surface area (Å²) in [4.78, 5) is 37.4. The van der Waals surface area contributed by atoms with Crippen molar-refractivity contribution in [2.75, 3.05) is 18.6 Å². The minimum atomic E-state index is -2.00. The molecule has 1 heterocycles. The van der Waals surface area contributed by atoms with Crippen molar-refractivity contribution in [3.8, 4) is 5.75 Å². The van der Waals surface area contributed by atoms with E-state index in [1.165, 1.54) is 24.1 Å². The van der Waals surface area contributed by atoms with Crippen LogP contribution in [0.1, 0.15) is 29.3 Å². The number of nitro benzene ring substituents is 1. The number of likely N-dealkylation sites (N-methyl/N-ethyl adjacent to an activating group) is 1. The molecule has 27 heavy (non-hydrogen) atoms. The van der Waals surface area contributed by atoms with E-state index in [0.717, 1.165) is 6.07 Å². The number of hydrogen-bond donors (Lipinski definition) is 1. The topological polar surface area (TPSA) is 110 Å². The van der Waals surface area contributed by atoms with Gasteiger partial charge in [-0.25, -0.2) is 0 Å². The number of rotatable bonds is 6. The zero-order chi connectivity index (χ0) is 19.8. The van der Waals surface area contributed by atoms with Crippen LogP contribution in [0.5, 0.6) is 5.75 Å². The molecule has 0 bridgehead atoms. The predicted octanol–water partition coefficient (Wildman–Crippen LogP) is 2.43. The van der Waals surface area contributed by atoms with Gasteiger partial charge < -0.3 is 14.7 Å². The Labute approximate surface area is 155 Å². The Hall–Kier alpha value is -3.26. The number of Topliss-reactive ketones (excluding diaryl/α,β-unsaturated/α-hetero) is 1. The maximum atomic E-state index is 12.8. The van der Waals surface area contributed by atoms with E-state index in [9.17, 15) is 24.8 Å². The predicted molar refractivity (Wildman–Crippen MR) is 97.0 cm³/mol. The molecule has 0 saturated carbocycles. The molecule has 0 saturated heterocycles. The molecule has 1 aliphatic heterocycles. The molecule has 3 rings (SSSR count). The zero-order valence-corrected chi connectivity index (χ0v) is 14.8. The number of carbonyl (C=O) groups excluding carboxylic acids is 2. The molecular weight excluding hydrogens is 352 g/mol. The fraction of sp³-hybridized carbons (Fsp3) is 0.263. The van der Waals surface area contributed by atoms with Gasteiger partial charge in [0.1, 0.15) is 0 Å². The van der Waals surface area contributed by atoms with Crippen LogP contribution in [0.25, 0.3) is 0 Å². The maximum Gasteiger partial charge on any atom is 0.311 e. The van der Waals surface area contributed by atoms with Crippen molar-refractivity contribution in [2.24, 2.45) is 0 Å². The number of carbonyl (C=O) groups is 2. The lowest BCUT2D eigenvalue weighted by Crippen LogP contribution is -2.41. The highest BCUT2D eigenvalue weighted by molar-refractivity contribution is 6.10. The molecule has 0 aliphatic carbocycles. The van der Waals surface area contributed by atoms with Crippen LogP contribution >= 0.6 is 0 Å². The van der Waals surface area contributed by atoms with Gasteiger partial charge in [0, 0.05) is 23.7 Å². The first-order chi connectivity index (χ1) is 12.8. The Balaban J connectivity index is 1.98. The van der Waals surface area contributed by atoms with Gasteiger partial charge in [-0.2, -0.15) is 0 Å². The van der Waals surface area contributed by atoms with E-state index in [4.69, 9.17) is 4.74 Å². The summed E-state index contributed by atoms with van der Waals surface area (Å²) in [5, 5.41) is 22.2. The molecule has 1 aliphatic rings. The summed E-state index contributed by atoms with van der Waals surface area (Å²) in [7, 11) is 1.29. The van der Waals surface area contributed by atoms with Crippen molar-refractivity contribution in [2.45, 2.75) is 18.9 Å². The van der Waals surface area contributed by atoms with E-state index in [1.54, 1.807) is 31.2 Å². The lowest BCUT2D eigenvalue weighted by molar-refractivity contribution is -0.385. The number of anilines is 1. The maximum absolute atomic E-state index is 12.8. The molecule has 0 aromatic heterocycles. The molecule has 0 fully saturated rings. The average Bonchev–Trinajstić information content (AvgIpc) is 2.88. The number of ether oxygens (including phenoxy) is 1. The Bertz CT molecular complexity index is 942. The van der Waals surface area contributed by atoms with Crippen LogP contribution in [0, 0.1) is 10.1 Å². The lowest BCUT2D eigenvalue weighted by Gasteiger charge is -2.22. The van der Waals surface area contributed by atoms with Crippen molar-refractivity contribution < 1.29 is 24.4 Å². The Kier molecular flexibility index (Phi) is 4.67. The molecule has 140 valence electrons. The molecule has 8 heteroatoms. The number of ketones is 1. The molecule has 1 N–H and O–H groups in total. The van der Waals surface area contributed by atoms with Crippen LogP contribution < -0.4 is 9.64 Å². The van der Waals surface area contributed by atoms with E-state index < -0.39 is 28.6 Å². The molecule has 1 amide bonds. The average molecular weight is 370 g/mol. The molecule has 0 radical (unpaired) electrons. The van der Waals surface area contributed by atoms with Gasteiger partial charge in [0.2, 0.25) is 0 Å². The highest BCUT2D eigenvalue weighted by Crippen LogP contribution is 2.42. The van der Waals surface area contributed by atoms with E-state index in [1.807, 2.05) is 0 Å². The van der Waals surface area contributed by atoms with Crippen LogP contribution in [-0.2, 0) is 10.4 Å². The number of nitro groups is 1. The van der Waals surface area contributed by atoms with Gasteiger partial charge in [0.05, 0.1) is 24.1 Å². The first-order valence-corrected chi connectivity index (χ1v) is 8.33. The fourth-order valence-corrected chi connectivity index (χ4v) is 3.33. The zero-order valence-electron chi connectivity index (χ0n) is 14.8. The summed E-state index contributed by atoms with van der Waals surface area (Å²) in [6, 6.07) is 10.5. The minimum Gasteiger partial charge on any atom is -0.490 e. The van der Waals surface area contributed by atoms with Crippen LogP contribution in [0.4, 0.5) is 11.4 Å². The molecule has 0 spiro atoms. The number of benzene rings is 2. The second kappa shape index (κ2) is 6.81. The number of nitrogens with zero attached hydrogens (tertiary/aromatic N) is 2. The number of fused-ring (bicyclic) bond motifs is 1. The van der Waals surface area contributed by atoms with Gasteiger partial charge in [0.15, 0.2) is 17.1 Å². The lowest BCUT2D eigenvalue weighted by atomic mass is 9.88. The second-order valence-electron chi connectivity index (χ2n) is 6.17. The number of hydrogen-bond acceptors (Lipinski definition) is 6. The van der Waals surface area contributed by atoms with Gasteiger partial charge in [-0.15, -0.1) is 0 Å². The fourth-order valence-electron chi connectivity index (χ4n) is 3.33. The van der Waals surface area contributed by atoms with Crippen LogP contribution in [-0.4, -0.2) is 35.4 Å². The van der Waals surface area contributed by atoms with E-state index in [2.05, 4.69) is 0 Å². The standard InChI is InChI=1S/C19H18N2O6/c1-3-20-14-7-5-4-6-13(14)19(24,18(20)23)11-16(22)12-8-9-17(27-2)15(10-12)21(25)26/h4-10,24H,3,11H2,1-2H3/t19-/m1/s1. The highest BCUT2D eigenvalue weighted by atomic mass is 16.6. The van der Waals surface area contributed by atoms with Gasteiger partial charge in [-0.3, -0.25) is 19.7 Å². The first kappa shape index (κ1) is 18.5. The highest BCUT2D eigenvalue weighted by Gasteiger charge is 2.50. The smallest absolute Gasteiger partial charge is 0.311 e. The molecule has 1 atom stereocenters. The van der Waals surface area contributed by atoms with Crippen LogP contribution in [0.15, 0.2) is 42.5 Å². The normalized spacial score (nSPS) is 18.3. The molecule has 2 aromatic carbocycles.